The van der Waals surface area contributed by atoms with Crippen molar-refractivity contribution in [3.05, 3.63) is 76.7 Å². The molecule has 2 heterocycles. The van der Waals surface area contributed by atoms with E-state index in [1.807, 2.05) is 6.20 Å². The summed E-state index contributed by atoms with van der Waals surface area (Å²) in [6.07, 6.45) is 5.45. The molecular formula is C22H21FN2. The number of rotatable bonds is 4. The van der Waals surface area contributed by atoms with Gasteiger partial charge in [-0.05, 0) is 65.6 Å². The van der Waals surface area contributed by atoms with Gasteiger partial charge in [-0.25, -0.2) is 4.39 Å². The van der Waals surface area contributed by atoms with Crippen LogP contribution in [0, 0.1) is 5.82 Å². The summed E-state index contributed by atoms with van der Waals surface area (Å²) < 4.78 is 13.8. The number of aromatic nitrogens is 1. The predicted octanol–water partition coefficient (Wildman–Crippen LogP) is 4.81. The summed E-state index contributed by atoms with van der Waals surface area (Å²) in [6.45, 7) is 3.09. The first-order chi connectivity index (χ1) is 12.3. The van der Waals surface area contributed by atoms with Gasteiger partial charge in [0.2, 0.25) is 0 Å². The van der Waals surface area contributed by atoms with Gasteiger partial charge in [-0.3, -0.25) is 9.88 Å². The van der Waals surface area contributed by atoms with Crippen LogP contribution in [0.15, 0.2) is 48.7 Å². The van der Waals surface area contributed by atoms with Gasteiger partial charge in [-0.2, -0.15) is 0 Å². The van der Waals surface area contributed by atoms with E-state index in [9.17, 15) is 4.39 Å². The molecule has 3 heteroatoms. The third-order valence-electron chi connectivity index (χ3n) is 5.54. The van der Waals surface area contributed by atoms with E-state index >= 15 is 0 Å². The maximum Gasteiger partial charge on any atom is 0.123 e. The summed E-state index contributed by atoms with van der Waals surface area (Å²) in [6, 6.07) is 13.7. The number of pyridine rings is 1. The Morgan fingerprint density at radius 2 is 1.80 bits per heavy atom. The second-order valence-corrected chi connectivity index (χ2v) is 7.36. The van der Waals surface area contributed by atoms with Gasteiger partial charge < -0.3 is 0 Å². The maximum atomic E-state index is 13.8. The quantitative estimate of drug-likeness (QED) is 0.681. The van der Waals surface area contributed by atoms with Crippen molar-refractivity contribution < 1.29 is 4.39 Å². The minimum absolute atomic E-state index is 0.164. The average molecular weight is 332 g/mol. The topological polar surface area (TPSA) is 16.1 Å². The molecule has 1 aliphatic heterocycles. The fraction of sp³-hybridized carbons (Fsp3) is 0.318. The normalized spacial score (nSPS) is 17.2. The summed E-state index contributed by atoms with van der Waals surface area (Å²) >= 11 is 0. The molecule has 1 aliphatic carbocycles. The summed E-state index contributed by atoms with van der Waals surface area (Å²) in [4.78, 5) is 7.09. The van der Waals surface area contributed by atoms with Crippen LogP contribution in [0.2, 0.25) is 0 Å². The zero-order valence-corrected chi connectivity index (χ0v) is 14.2. The second-order valence-electron chi connectivity index (χ2n) is 7.36. The smallest absolute Gasteiger partial charge is 0.123 e. The monoisotopic (exact) mass is 332 g/mol. The lowest BCUT2D eigenvalue weighted by Gasteiger charge is -2.17. The summed E-state index contributed by atoms with van der Waals surface area (Å²) in [5, 5.41) is 1.02. The Bertz CT molecular complexity index is 921. The largest absolute Gasteiger partial charge is 0.294 e. The molecule has 2 aliphatic rings. The zero-order chi connectivity index (χ0) is 16.8. The van der Waals surface area contributed by atoms with Crippen molar-refractivity contribution in [1.82, 2.24) is 9.88 Å². The molecular weight excluding hydrogens is 311 g/mol. The van der Waals surface area contributed by atoms with Crippen LogP contribution >= 0.6 is 0 Å². The number of nitrogens with zero attached hydrogens (tertiary/aromatic N) is 2. The molecule has 0 saturated heterocycles. The van der Waals surface area contributed by atoms with Crippen LogP contribution in [-0.4, -0.2) is 16.4 Å². The SMILES string of the molecule is Fc1ccc2ncc(CCN3Cc4ccccc4C3)c(C3CC3)c2c1. The molecule has 0 unspecified atom stereocenters. The second kappa shape index (κ2) is 5.92. The molecule has 2 nitrogen and oxygen atoms in total. The Balaban J connectivity index is 1.41. The lowest BCUT2D eigenvalue weighted by Crippen LogP contribution is -2.20. The van der Waals surface area contributed by atoms with Crippen molar-refractivity contribution >= 4 is 10.9 Å². The molecule has 0 atom stereocenters. The van der Waals surface area contributed by atoms with Crippen LogP contribution in [0.1, 0.15) is 41.0 Å². The van der Waals surface area contributed by atoms with Crippen molar-refractivity contribution in [3.8, 4) is 0 Å². The minimum Gasteiger partial charge on any atom is -0.294 e. The molecule has 1 aromatic heterocycles. The number of halogens is 1. The molecule has 0 spiro atoms. The highest BCUT2D eigenvalue weighted by atomic mass is 19.1. The molecule has 126 valence electrons. The molecule has 0 N–H and O–H groups in total. The van der Waals surface area contributed by atoms with Crippen molar-refractivity contribution in [3.63, 3.8) is 0 Å². The van der Waals surface area contributed by atoms with E-state index in [1.54, 1.807) is 12.1 Å². The first-order valence-electron chi connectivity index (χ1n) is 9.14. The van der Waals surface area contributed by atoms with E-state index in [-0.39, 0.29) is 5.82 Å². The Kier molecular flexibility index (Phi) is 3.56. The van der Waals surface area contributed by atoms with Crippen LogP contribution in [0.25, 0.3) is 10.9 Å². The number of hydrogen-bond donors (Lipinski definition) is 0. The van der Waals surface area contributed by atoms with Crippen molar-refractivity contribution in [2.75, 3.05) is 6.54 Å². The summed E-state index contributed by atoms with van der Waals surface area (Å²) in [7, 11) is 0. The lowest BCUT2D eigenvalue weighted by atomic mass is 9.97. The Morgan fingerprint density at radius 1 is 1.04 bits per heavy atom. The van der Waals surface area contributed by atoms with E-state index in [1.165, 1.54) is 41.2 Å². The molecule has 1 fully saturated rings. The Morgan fingerprint density at radius 3 is 2.52 bits per heavy atom. The molecule has 0 amide bonds. The summed E-state index contributed by atoms with van der Waals surface area (Å²) in [5.74, 6) is 0.432. The standard InChI is InChI=1S/C22H21FN2/c23-19-7-8-21-20(11-19)22(15-5-6-15)16(12-24-21)9-10-25-13-17-3-1-2-4-18(17)14-25/h1-4,7-8,11-12,15H,5-6,9-10,13-14H2. The molecule has 3 aromatic rings. The van der Waals surface area contributed by atoms with Crippen molar-refractivity contribution in [1.29, 1.82) is 0 Å². The van der Waals surface area contributed by atoms with Gasteiger partial charge in [0.15, 0.2) is 0 Å². The van der Waals surface area contributed by atoms with Crippen LogP contribution in [0.5, 0.6) is 0 Å². The van der Waals surface area contributed by atoms with Crippen LogP contribution in [-0.2, 0) is 19.5 Å². The Labute approximate surface area is 147 Å². The highest BCUT2D eigenvalue weighted by molar-refractivity contribution is 5.84. The van der Waals surface area contributed by atoms with Crippen LogP contribution in [0.4, 0.5) is 4.39 Å². The third-order valence-corrected chi connectivity index (χ3v) is 5.54. The highest BCUT2D eigenvalue weighted by Crippen LogP contribution is 2.44. The molecule has 1 saturated carbocycles. The van der Waals surface area contributed by atoms with Gasteiger partial charge in [0.1, 0.15) is 5.82 Å². The van der Waals surface area contributed by atoms with E-state index in [2.05, 4.69) is 34.1 Å². The van der Waals surface area contributed by atoms with Gasteiger partial charge in [0.25, 0.3) is 0 Å². The number of fused-ring (bicyclic) bond motifs is 2. The van der Waals surface area contributed by atoms with E-state index < -0.39 is 0 Å². The third kappa shape index (κ3) is 2.83. The molecule has 25 heavy (non-hydrogen) atoms. The molecule has 0 bridgehead atoms. The van der Waals surface area contributed by atoms with Gasteiger partial charge in [-0.1, -0.05) is 24.3 Å². The molecule has 2 aromatic carbocycles. The van der Waals surface area contributed by atoms with E-state index in [0.29, 0.717) is 5.92 Å². The van der Waals surface area contributed by atoms with Gasteiger partial charge in [-0.15, -0.1) is 0 Å². The fourth-order valence-electron chi connectivity index (χ4n) is 4.12. The first kappa shape index (κ1) is 15.0. The number of benzene rings is 2. The zero-order valence-electron chi connectivity index (χ0n) is 14.2. The van der Waals surface area contributed by atoms with Crippen LogP contribution < -0.4 is 0 Å². The van der Waals surface area contributed by atoms with Gasteiger partial charge >= 0.3 is 0 Å². The molecule has 0 radical (unpaired) electrons. The van der Waals surface area contributed by atoms with Crippen LogP contribution in [0.3, 0.4) is 0 Å². The first-order valence-corrected chi connectivity index (χ1v) is 9.14. The Hall–Kier alpha value is -2.26. The van der Waals surface area contributed by atoms with E-state index in [4.69, 9.17) is 0 Å². The van der Waals surface area contributed by atoms with Crippen molar-refractivity contribution in [2.45, 2.75) is 38.3 Å². The van der Waals surface area contributed by atoms with Crippen molar-refractivity contribution in [2.24, 2.45) is 0 Å². The van der Waals surface area contributed by atoms with Gasteiger partial charge in [0, 0.05) is 31.2 Å². The summed E-state index contributed by atoms with van der Waals surface area (Å²) in [5.41, 5.74) is 6.46. The fourth-order valence-corrected chi connectivity index (χ4v) is 4.12. The van der Waals surface area contributed by atoms with Gasteiger partial charge in [0.05, 0.1) is 5.52 Å². The molecule has 5 rings (SSSR count). The maximum absolute atomic E-state index is 13.8. The minimum atomic E-state index is -0.164. The number of hydrogen-bond acceptors (Lipinski definition) is 2. The average Bonchev–Trinajstić information content (AvgIpc) is 3.37. The highest BCUT2D eigenvalue weighted by Gasteiger charge is 2.29. The predicted molar refractivity (Wildman–Crippen MR) is 97.9 cm³/mol. The lowest BCUT2D eigenvalue weighted by molar-refractivity contribution is 0.288. The van der Waals surface area contributed by atoms with E-state index in [0.717, 1.165) is 37.0 Å².